The fourth-order valence-electron chi connectivity index (χ4n) is 1.72. The SMILES string of the molecule is CCOC(=O)C(O)c1cc(C)c(C)c(C(=O)OC)c1. The summed E-state index contributed by atoms with van der Waals surface area (Å²) in [6.07, 6.45) is -1.40. The summed E-state index contributed by atoms with van der Waals surface area (Å²) >= 11 is 0. The van der Waals surface area contributed by atoms with Gasteiger partial charge >= 0.3 is 11.9 Å². The van der Waals surface area contributed by atoms with Crippen molar-refractivity contribution in [3.8, 4) is 0 Å². The number of carbonyl (C=O) groups excluding carboxylic acids is 2. The molecule has 0 saturated heterocycles. The predicted octanol–water partition coefficient (Wildman–Crippen LogP) is 1.69. The summed E-state index contributed by atoms with van der Waals surface area (Å²) in [6, 6.07) is 3.11. The van der Waals surface area contributed by atoms with Gasteiger partial charge in [0.05, 0.1) is 19.3 Å². The first-order valence-corrected chi connectivity index (χ1v) is 5.96. The molecule has 0 bridgehead atoms. The van der Waals surface area contributed by atoms with Crippen LogP contribution in [0.5, 0.6) is 0 Å². The molecule has 0 saturated carbocycles. The second-order valence-electron chi connectivity index (χ2n) is 4.16. The number of aliphatic hydroxyl groups excluding tert-OH is 1. The van der Waals surface area contributed by atoms with Gasteiger partial charge in [-0.3, -0.25) is 0 Å². The molecule has 0 aliphatic heterocycles. The van der Waals surface area contributed by atoms with Crippen LogP contribution in [0.1, 0.15) is 40.1 Å². The Bertz CT molecular complexity index is 493. The molecule has 1 atom stereocenters. The summed E-state index contributed by atoms with van der Waals surface area (Å²) in [5.74, 6) is -1.24. The maximum Gasteiger partial charge on any atom is 0.339 e. The number of benzene rings is 1. The number of esters is 2. The lowest BCUT2D eigenvalue weighted by Crippen LogP contribution is -2.17. The fourth-order valence-corrected chi connectivity index (χ4v) is 1.72. The average Bonchev–Trinajstić information content (AvgIpc) is 2.40. The zero-order valence-electron chi connectivity index (χ0n) is 11.5. The molecule has 1 unspecified atom stereocenters. The number of methoxy groups -OCH3 is 1. The van der Waals surface area contributed by atoms with Crippen LogP contribution in [0.3, 0.4) is 0 Å². The number of ether oxygens (including phenoxy) is 2. The molecule has 0 spiro atoms. The highest BCUT2D eigenvalue weighted by Gasteiger charge is 2.22. The molecule has 1 aromatic carbocycles. The highest BCUT2D eigenvalue weighted by Crippen LogP contribution is 2.22. The van der Waals surface area contributed by atoms with Gasteiger partial charge in [-0.1, -0.05) is 6.07 Å². The van der Waals surface area contributed by atoms with Gasteiger partial charge in [-0.2, -0.15) is 0 Å². The van der Waals surface area contributed by atoms with Crippen LogP contribution < -0.4 is 0 Å². The molecule has 0 radical (unpaired) electrons. The van der Waals surface area contributed by atoms with Gasteiger partial charge in [0, 0.05) is 0 Å². The van der Waals surface area contributed by atoms with Gasteiger partial charge in [-0.05, 0) is 43.5 Å². The van der Waals surface area contributed by atoms with Crippen LogP contribution in [0.15, 0.2) is 12.1 Å². The molecule has 0 heterocycles. The molecule has 5 heteroatoms. The maximum absolute atomic E-state index is 11.6. The molecule has 0 aliphatic carbocycles. The van der Waals surface area contributed by atoms with Crippen molar-refractivity contribution in [3.05, 3.63) is 34.4 Å². The Kier molecular flexibility index (Phi) is 5.06. The molecule has 1 rings (SSSR count). The highest BCUT2D eigenvalue weighted by atomic mass is 16.5. The van der Waals surface area contributed by atoms with E-state index in [1.165, 1.54) is 13.2 Å². The van der Waals surface area contributed by atoms with Crippen LogP contribution in [0.4, 0.5) is 0 Å². The first-order chi connectivity index (χ1) is 8.92. The summed E-state index contributed by atoms with van der Waals surface area (Å²) in [5.41, 5.74) is 2.20. The van der Waals surface area contributed by atoms with Gasteiger partial charge in [0.2, 0.25) is 0 Å². The van der Waals surface area contributed by atoms with Crippen LogP contribution in [0.2, 0.25) is 0 Å². The van der Waals surface area contributed by atoms with Crippen molar-refractivity contribution in [1.29, 1.82) is 0 Å². The monoisotopic (exact) mass is 266 g/mol. The molecule has 1 N–H and O–H groups in total. The first-order valence-electron chi connectivity index (χ1n) is 5.96. The Labute approximate surface area is 112 Å². The smallest absolute Gasteiger partial charge is 0.339 e. The van der Waals surface area contributed by atoms with Crippen LogP contribution in [0.25, 0.3) is 0 Å². The van der Waals surface area contributed by atoms with Crippen LogP contribution in [0, 0.1) is 13.8 Å². The zero-order valence-corrected chi connectivity index (χ0v) is 11.5. The summed E-state index contributed by atoms with van der Waals surface area (Å²) in [4.78, 5) is 23.1. The van der Waals surface area contributed by atoms with Gasteiger partial charge in [0.15, 0.2) is 6.10 Å². The third kappa shape index (κ3) is 3.32. The first kappa shape index (κ1) is 15.2. The molecule has 0 aliphatic rings. The van der Waals surface area contributed by atoms with Crippen molar-refractivity contribution in [2.24, 2.45) is 0 Å². The number of aliphatic hydroxyl groups is 1. The third-order valence-electron chi connectivity index (χ3n) is 2.92. The number of carbonyl (C=O) groups is 2. The minimum atomic E-state index is -1.40. The lowest BCUT2D eigenvalue weighted by molar-refractivity contribution is -0.153. The van der Waals surface area contributed by atoms with E-state index in [4.69, 9.17) is 4.74 Å². The lowest BCUT2D eigenvalue weighted by Gasteiger charge is -2.14. The van der Waals surface area contributed by atoms with Crippen molar-refractivity contribution in [2.45, 2.75) is 26.9 Å². The standard InChI is InChI=1S/C14H18O5/c1-5-19-14(17)12(15)10-6-8(2)9(3)11(7-10)13(16)18-4/h6-7,12,15H,5H2,1-4H3. The lowest BCUT2D eigenvalue weighted by atomic mass is 9.97. The fraction of sp³-hybridized carbons (Fsp3) is 0.429. The Morgan fingerprint density at radius 3 is 2.47 bits per heavy atom. The zero-order chi connectivity index (χ0) is 14.6. The summed E-state index contributed by atoms with van der Waals surface area (Å²) in [5, 5.41) is 9.89. The van der Waals surface area contributed by atoms with E-state index in [0.29, 0.717) is 11.1 Å². The third-order valence-corrected chi connectivity index (χ3v) is 2.92. The van der Waals surface area contributed by atoms with Gasteiger partial charge in [-0.25, -0.2) is 9.59 Å². The average molecular weight is 266 g/mol. The largest absolute Gasteiger partial charge is 0.465 e. The molecular weight excluding hydrogens is 248 g/mol. The number of aryl methyl sites for hydroxylation is 1. The molecule has 104 valence electrons. The van der Waals surface area contributed by atoms with E-state index < -0.39 is 18.0 Å². The summed E-state index contributed by atoms with van der Waals surface area (Å²) in [7, 11) is 1.28. The normalized spacial score (nSPS) is 11.8. The second-order valence-corrected chi connectivity index (χ2v) is 4.16. The predicted molar refractivity (Wildman–Crippen MR) is 68.8 cm³/mol. The summed E-state index contributed by atoms with van der Waals surface area (Å²) < 4.78 is 9.43. The molecule has 19 heavy (non-hydrogen) atoms. The van der Waals surface area contributed by atoms with Gasteiger partial charge in [0.1, 0.15) is 0 Å². The van der Waals surface area contributed by atoms with Crippen LogP contribution in [-0.2, 0) is 14.3 Å². The van der Waals surface area contributed by atoms with E-state index in [9.17, 15) is 14.7 Å². The topological polar surface area (TPSA) is 72.8 Å². The quantitative estimate of drug-likeness (QED) is 0.839. The van der Waals surface area contributed by atoms with Crippen molar-refractivity contribution in [2.75, 3.05) is 13.7 Å². The van der Waals surface area contributed by atoms with E-state index >= 15 is 0 Å². The van der Waals surface area contributed by atoms with Crippen molar-refractivity contribution >= 4 is 11.9 Å². The minimum absolute atomic E-state index is 0.185. The summed E-state index contributed by atoms with van der Waals surface area (Å²) in [6.45, 7) is 5.42. The molecule has 0 amide bonds. The van der Waals surface area contributed by atoms with Crippen LogP contribution in [-0.4, -0.2) is 30.8 Å². The van der Waals surface area contributed by atoms with Crippen molar-refractivity contribution < 1.29 is 24.2 Å². The molecule has 0 fully saturated rings. The molecule has 0 aromatic heterocycles. The van der Waals surface area contributed by atoms with Gasteiger partial charge in [-0.15, -0.1) is 0 Å². The van der Waals surface area contributed by atoms with E-state index in [2.05, 4.69) is 4.74 Å². The van der Waals surface area contributed by atoms with Crippen molar-refractivity contribution in [3.63, 3.8) is 0 Å². The number of hydrogen-bond acceptors (Lipinski definition) is 5. The van der Waals surface area contributed by atoms with E-state index in [-0.39, 0.29) is 6.61 Å². The molecule has 5 nitrogen and oxygen atoms in total. The van der Waals surface area contributed by atoms with E-state index in [1.807, 2.05) is 0 Å². The van der Waals surface area contributed by atoms with Gasteiger partial charge in [0.25, 0.3) is 0 Å². The molecular formula is C14H18O5. The Morgan fingerprint density at radius 2 is 1.95 bits per heavy atom. The number of rotatable bonds is 4. The van der Waals surface area contributed by atoms with E-state index in [1.54, 1.807) is 26.8 Å². The van der Waals surface area contributed by atoms with Crippen LogP contribution >= 0.6 is 0 Å². The van der Waals surface area contributed by atoms with Crippen molar-refractivity contribution in [1.82, 2.24) is 0 Å². The van der Waals surface area contributed by atoms with E-state index in [0.717, 1.165) is 11.1 Å². The minimum Gasteiger partial charge on any atom is -0.465 e. The maximum atomic E-state index is 11.6. The Hall–Kier alpha value is -1.88. The molecule has 1 aromatic rings. The Balaban J connectivity index is 3.20. The second kappa shape index (κ2) is 6.33. The highest BCUT2D eigenvalue weighted by molar-refractivity contribution is 5.92. The van der Waals surface area contributed by atoms with Gasteiger partial charge < -0.3 is 14.6 Å². The Morgan fingerprint density at radius 1 is 1.32 bits per heavy atom. The number of hydrogen-bond donors (Lipinski definition) is 1.